The van der Waals surface area contributed by atoms with Crippen molar-refractivity contribution >= 4 is 10.1 Å². The quantitative estimate of drug-likeness (QED) is 0.607. The van der Waals surface area contributed by atoms with Crippen LogP contribution in [-0.4, -0.2) is 13.9 Å². The van der Waals surface area contributed by atoms with E-state index in [1.54, 1.807) is 6.07 Å². The van der Waals surface area contributed by atoms with Crippen LogP contribution in [0.15, 0.2) is 12.1 Å². The molecule has 0 atom stereocenters. The Balaban J connectivity index is 2.10. The highest BCUT2D eigenvalue weighted by molar-refractivity contribution is 7.88. The van der Waals surface area contributed by atoms with Crippen molar-refractivity contribution in [1.29, 1.82) is 0 Å². The van der Waals surface area contributed by atoms with Crippen molar-refractivity contribution in [2.45, 2.75) is 56.4 Å². The normalized spacial score (nSPS) is 20.4. The Morgan fingerprint density at radius 3 is 2.36 bits per heavy atom. The average molecular weight is 334 g/mol. The molecule has 7 heteroatoms. The Morgan fingerprint density at radius 1 is 1.14 bits per heavy atom. The molecule has 2 aliphatic carbocycles. The van der Waals surface area contributed by atoms with Crippen LogP contribution in [0.2, 0.25) is 0 Å². The Morgan fingerprint density at radius 2 is 1.77 bits per heavy atom. The lowest BCUT2D eigenvalue weighted by molar-refractivity contribution is -0.0500. The maximum absolute atomic E-state index is 12.6. The summed E-state index contributed by atoms with van der Waals surface area (Å²) in [6.07, 6.45) is 5.41. The summed E-state index contributed by atoms with van der Waals surface area (Å²) in [4.78, 5) is 0. The van der Waals surface area contributed by atoms with Crippen LogP contribution in [0.1, 0.15) is 48.8 Å². The molecule has 122 valence electrons. The van der Waals surface area contributed by atoms with Crippen LogP contribution in [-0.2, 0) is 22.0 Å². The van der Waals surface area contributed by atoms with Gasteiger partial charge in [0, 0.05) is 5.56 Å². The highest BCUT2D eigenvalue weighted by Crippen LogP contribution is 2.54. The molecule has 3 nitrogen and oxygen atoms in total. The monoisotopic (exact) mass is 334 g/mol. The van der Waals surface area contributed by atoms with E-state index in [2.05, 4.69) is 4.18 Å². The number of fused-ring (bicyclic) bond motifs is 2. The number of halogens is 3. The molecule has 22 heavy (non-hydrogen) atoms. The van der Waals surface area contributed by atoms with Gasteiger partial charge in [0.1, 0.15) is 5.75 Å². The molecule has 2 aliphatic rings. The van der Waals surface area contributed by atoms with E-state index >= 15 is 0 Å². The summed E-state index contributed by atoms with van der Waals surface area (Å²) in [5.41, 5.74) is -2.99. The van der Waals surface area contributed by atoms with E-state index in [1.165, 1.54) is 6.07 Å². The summed E-state index contributed by atoms with van der Waals surface area (Å²) < 4.78 is 65.0. The van der Waals surface area contributed by atoms with Crippen molar-refractivity contribution in [3.05, 3.63) is 28.8 Å². The summed E-state index contributed by atoms with van der Waals surface area (Å²) in [5.74, 6) is -0.141. The van der Waals surface area contributed by atoms with E-state index in [4.69, 9.17) is 0 Å². The lowest BCUT2D eigenvalue weighted by Gasteiger charge is -2.26. The molecule has 1 aromatic rings. The van der Waals surface area contributed by atoms with Crippen molar-refractivity contribution in [3.63, 3.8) is 0 Å². The zero-order valence-corrected chi connectivity index (χ0v) is 13.0. The molecule has 0 amide bonds. The van der Waals surface area contributed by atoms with Crippen LogP contribution in [0.3, 0.4) is 0 Å². The molecule has 1 spiro atoms. The summed E-state index contributed by atoms with van der Waals surface area (Å²) in [6.45, 7) is 1.90. The number of alkyl halides is 3. The number of benzene rings is 1. The molecule has 1 saturated carbocycles. The van der Waals surface area contributed by atoms with Crippen molar-refractivity contribution in [1.82, 2.24) is 0 Å². The zero-order chi connectivity index (χ0) is 16.2. The molecule has 0 aromatic heterocycles. The van der Waals surface area contributed by atoms with Crippen LogP contribution in [0, 0.1) is 6.92 Å². The minimum Gasteiger partial charge on any atom is -0.376 e. The Kier molecular flexibility index (Phi) is 3.47. The lowest BCUT2D eigenvalue weighted by Crippen LogP contribution is -2.29. The topological polar surface area (TPSA) is 43.4 Å². The summed E-state index contributed by atoms with van der Waals surface area (Å²) in [7, 11) is -5.63. The van der Waals surface area contributed by atoms with Gasteiger partial charge in [-0.2, -0.15) is 21.6 Å². The number of hydrogen-bond donors (Lipinski definition) is 0. The third kappa shape index (κ3) is 2.30. The van der Waals surface area contributed by atoms with Gasteiger partial charge in [-0.05, 0) is 55.2 Å². The molecule has 0 aliphatic heterocycles. The predicted molar refractivity (Wildman–Crippen MR) is 75.2 cm³/mol. The van der Waals surface area contributed by atoms with Gasteiger partial charge in [-0.1, -0.05) is 18.9 Å². The fraction of sp³-hybridized carbons (Fsp3) is 0.600. The molecule has 1 aromatic carbocycles. The first-order valence-electron chi connectivity index (χ1n) is 7.30. The average Bonchev–Trinajstić information content (AvgIpc) is 3.01. The van der Waals surface area contributed by atoms with E-state index in [1.807, 2.05) is 6.92 Å². The smallest absolute Gasteiger partial charge is 0.376 e. The third-order valence-electron chi connectivity index (χ3n) is 4.94. The van der Waals surface area contributed by atoms with Gasteiger partial charge in [-0.25, -0.2) is 0 Å². The van der Waals surface area contributed by atoms with E-state index in [-0.39, 0.29) is 11.2 Å². The van der Waals surface area contributed by atoms with Crippen LogP contribution in [0.25, 0.3) is 0 Å². The van der Waals surface area contributed by atoms with E-state index in [0.29, 0.717) is 5.56 Å². The first kappa shape index (κ1) is 15.6. The standard InChI is InChI=1S/C15H17F3O3S/c1-10-4-5-12(21-22(19,20)15(16,17)18)13-11(10)6-9-14(13)7-2-3-8-14/h4-5H,2-3,6-9H2,1H3. The fourth-order valence-corrected chi connectivity index (χ4v) is 4.38. The van der Waals surface area contributed by atoms with Gasteiger partial charge in [-0.3, -0.25) is 0 Å². The molecule has 1 fully saturated rings. The van der Waals surface area contributed by atoms with E-state index < -0.39 is 15.6 Å². The molecular weight excluding hydrogens is 317 g/mol. The fourth-order valence-electron chi connectivity index (χ4n) is 3.91. The molecule has 0 unspecified atom stereocenters. The Labute approximate surface area is 127 Å². The van der Waals surface area contributed by atoms with Crippen LogP contribution in [0.4, 0.5) is 13.2 Å². The summed E-state index contributed by atoms with van der Waals surface area (Å²) in [5, 5.41) is 0. The van der Waals surface area contributed by atoms with Gasteiger partial charge >= 0.3 is 15.6 Å². The first-order chi connectivity index (χ1) is 10.2. The minimum absolute atomic E-state index is 0.141. The SMILES string of the molecule is Cc1ccc(OS(=O)(=O)C(F)(F)F)c2c1CCC21CCCC1. The van der Waals surface area contributed by atoms with Gasteiger partial charge in [0.2, 0.25) is 0 Å². The Hall–Kier alpha value is -1.24. The van der Waals surface area contributed by atoms with E-state index in [9.17, 15) is 21.6 Å². The van der Waals surface area contributed by atoms with Crippen LogP contribution >= 0.6 is 0 Å². The number of rotatable bonds is 2. The Bertz CT molecular complexity index is 701. The molecule has 0 saturated heterocycles. The largest absolute Gasteiger partial charge is 0.534 e. The minimum atomic E-state index is -5.63. The lowest BCUT2D eigenvalue weighted by atomic mass is 9.79. The number of aryl methyl sites for hydroxylation is 1. The first-order valence-corrected chi connectivity index (χ1v) is 8.71. The highest BCUT2D eigenvalue weighted by Gasteiger charge is 2.50. The second-order valence-corrected chi connectivity index (χ2v) is 7.74. The molecule has 0 bridgehead atoms. The van der Waals surface area contributed by atoms with Crippen molar-refractivity contribution in [3.8, 4) is 5.75 Å². The van der Waals surface area contributed by atoms with Gasteiger partial charge in [0.15, 0.2) is 0 Å². The maximum Gasteiger partial charge on any atom is 0.534 e. The summed E-state index contributed by atoms with van der Waals surface area (Å²) in [6, 6.07) is 3.00. The molecule has 0 N–H and O–H groups in total. The van der Waals surface area contributed by atoms with Gasteiger partial charge in [0.25, 0.3) is 0 Å². The highest BCUT2D eigenvalue weighted by atomic mass is 32.2. The second kappa shape index (κ2) is 4.88. The van der Waals surface area contributed by atoms with Crippen molar-refractivity contribution in [2.75, 3.05) is 0 Å². The molecule has 3 rings (SSSR count). The van der Waals surface area contributed by atoms with Crippen molar-refractivity contribution in [2.24, 2.45) is 0 Å². The van der Waals surface area contributed by atoms with Crippen LogP contribution < -0.4 is 4.18 Å². The number of hydrogen-bond acceptors (Lipinski definition) is 3. The molecule has 0 radical (unpaired) electrons. The van der Waals surface area contributed by atoms with Crippen LogP contribution in [0.5, 0.6) is 5.75 Å². The van der Waals surface area contributed by atoms with Crippen molar-refractivity contribution < 1.29 is 25.8 Å². The third-order valence-corrected chi connectivity index (χ3v) is 5.90. The van der Waals surface area contributed by atoms with Gasteiger partial charge < -0.3 is 4.18 Å². The second-order valence-electron chi connectivity index (χ2n) is 6.20. The van der Waals surface area contributed by atoms with E-state index in [0.717, 1.165) is 49.7 Å². The predicted octanol–water partition coefficient (Wildman–Crippen LogP) is 3.98. The molecular formula is C15H17F3O3S. The maximum atomic E-state index is 12.6. The van der Waals surface area contributed by atoms with Gasteiger partial charge in [-0.15, -0.1) is 0 Å². The zero-order valence-electron chi connectivity index (χ0n) is 12.2. The molecule has 0 heterocycles. The van der Waals surface area contributed by atoms with Gasteiger partial charge in [0.05, 0.1) is 0 Å². The summed E-state index contributed by atoms with van der Waals surface area (Å²) >= 11 is 0.